The Labute approximate surface area is 109 Å². The Morgan fingerprint density at radius 3 is 2.56 bits per heavy atom. The van der Waals surface area contributed by atoms with Crippen molar-refractivity contribution >= 4 is 5.91 Å². The van der Waals surface area contributed by atoms with E-state index in [-0.39, 0.29) is 11.3 Å². The molecule has 2 aliphatic rings. The third kappa shape index (κ3) is 3.22. The van der Waals surface area contributed by atoms with Crippen LogP contribution in [0.5, 0.6) is 0 Å². The first-order valence-corrected chi connectivity index (χ1v) is 7.05. The molecule has 0 aromatic heterocycles. The van der Waals surface area contributed by atoms with E-state index in [1.54, 1.807) is 0 Å². The molecule has 2 rings (SSSR count). The Balaban J connectivity index is 1.70. The second-order valence-electron chi connectivity index (χ2n) is 5.40. The van der Waals surface area contributed by atoms with Gasteiger partial charge in [-0.25, -0.2) is 0 Å². The summed E-state index contributed by atoms with van der Waals surface area (Å²) in [5.41, 5.74) is 5.52. The van der Waals surface area contributed by atoms with Crippen molar-refractivity contribution in [2.45, 2.75) is 25.7 Å². The van der Waals surface area contributed by atoms with Crippen LogP contribution in [0, 0.1) is 5.41 Å². The van der Waals surface area contributed by atoms with Crippen LogP contribution in [-0.2, 0) is 9.53 Å². The van der Waals surface area contributed by atoms with Crippen LogP contribution >= 0.6 is 0 Å². The van der Waals surface area contributed by atoms with Gasteiger partial charge in [0.2, 0.25) is 5.91 Å². The monoisotopic (exact) mass is 255 g/mol. The molecule has 1 aliphatic carbocycles. The Hall–Kier alpha value is -0.650. The number of hydrogen-bond donors (Lipinski definition) is 2. The average Bonchev–Trinajstić information content (AvgIpc) is 2.90. The Morgan fingerprint density at radius 1 is 1.28 bits per heavy atom. The van der Waals surface area contributed by atoms with Crippen LogP contribution in [0.1, 0.15) is 25.7 Å². The quantitative estimate of drug-likeness (QED) is 0.723. The van der Waals surface area contributed by atoms with E-state index < -0.39 is 0 Å². The fourth-order valence-electron chi connectivity index (χ4n) is 2.92. The van der Waals surface area contributed by atoms with Gasteiger partial charge in [0.1, 0.15) is 0 Å². The van der Waals surface area contributed by atoms with E-state index in [0.29, 0.717) is 6.54 Å². The lowest BCUT2D eigenvalue weighted by Gasteiger charge is -2.29. The molecule has 1 aliphatic heterocycles. The molecule has 0 spiro atoms. The molecule has 0 aromatic carbocycles. The van der Waals surface area contributed by atoms with Crippen LogP contribution in [0.3, 0.4) is 0 Å². The highest BCUT2D eigenvalue weighted by atomic mass is 16.5. The van der Waals surface area contributed by atoms with Crippen molar-refractivity contribution in [2.24, 2.45) is 11.1 Å². The molecule has 1 saturated carbocycles. The van der Waals surface area contributed by atoms with E-state index in [1.807, 2.05) is 0 Å². The van der Waals surface area contributed by atoms with Gasteiger partial charge >= 0.3 is 0 Å². The lowest BCUT2D eigenvalue weighted by atomic mass is 9.85. The average molecular weight is 255 g/mol. The molecule has 1 saturated heterocycles. The number of morpholine rings is 1. The standard InChI is InChI=1S/C13H25N3O2/c14-11-13(3-1-2-4-13)12(17)15-5-6-16-7-9-18-10-8-16/h1-11,14H2,(H,15,17). The highest BCUT2D eigenvalue weighted by molar-refractivity contribution is 5.83. The number of nitrogens with two attached hydrogens (primary N) is 1. The van der Waals surface area contributed by atoms with Gasteiger partial charge in [-0.3, -0.25) is 9.69 Å². The van der Waals surface area contributed by atoms with Crippen molar-refractivity contribution < 1.29 is 9.53 Å². The van der Waals surface area contributed by atoms with Crippen LogP contribution in [0.15, 0.2) is 0 Å². The number of rotatable bonds is 5. The summed E-state index contributed by atoms with van der Waals surface area (Å²) in [5, 5.41) is 3.06. The van der Waals surface area contributed by atoms with Gasteiger partial charge in [-0.15, -0.1) is 0 Å². The molecule has 3 N–H and O–H groups in total. The molecule has 104 valence electrons. The van der Waals surface area contributed by atoms with Crippen molar-refractivity contribution in [3.63, 3.8) is 0 Å². The van der Waals surface area contributed by atoms with Crippen molar-refractivity contribution in [2.75, 3.05) is 45.9 Å². The Morgan fingerprint density at radius 2 is 1.94 bits per heavy atom. The predicted octanol–water partition coefficient (Wildman–Crippen LogP) is -0.0461. The predicted molar refractivity (Wildman–Crippen MR) is 70.2 cm³/mol. The van der Waals surface area contributed by atoms with E-state index in [2.05, 4.69) is 10.2 Å². The van der Waals surface area contributed by atoms with Gasteiger partial charge in [0.25, 0.3) is 0 Å². The maximum Gasteiger partial charge on any atom is 0.227 e. The van der Waals surface area contributed by atoms with Gasteiger partial charge in [-0.05, 0) is 12.8 Å². The fraction of sp³-hybridized carbons (Fsp3) is 0.923. The molecule has 0 unspecified atom stereocenters. The van der Waals surface area contributed by atoms with E-state index in [9.17, 15) is 4.79 Å². The third-order valence-electron chi connectivity index (χ3n) is 4.25. The van der Waals surface area contributed by atoms with E-state index in [0.717, 1.165) is 65.1 Å². The minimum Gasteiger partial charge on any atom is -0.379 e. The lowest BCUT2D eigenvalue weighted by Crippen LogP contribution is -2.47. The molecule has 0 bridgehead atoms. The summed E-state index contributed by atoms with van der Waals surface area (Å²) in [5.74, 6) is 0.163. The van der Waals surface area contributed by atoms with Crippen LogP contribution < -0.4 is 11.1 Å². The number of amides is 1. The summed E-state index contributed by atoms with van der Waals surface area (Å²) < 4.78 is 5.30. The number of nitrogens with zero attached hydrogens (tertiary/aromatic N) is 1. The van der Waals surface area contributed by atoms with E-state index >= 15 is 0 Å². The first kappa shape index (κ1) is 13.8. The van der Waals surface area contributed by atoms with E-state index in [4.69, 9.17) is 10.5 Å². The zero-order valence-electron chi connectivity index (χ0n) is 11.1. The number of carbonyl (C=O) groups excluding carboxylic acids is 1. The number of ether oxygens (including phenoxy) is 1. The lowest BCUT2D eigenvalue weighted by molar-refractivity contribution is -0.130. The molecular formula is C13H25N3O2. The van der Waals surface area contributed by atoms with Gasteiger partial charge in [0.15, 0.2) is 0 Å². The second-order valence-corrected chi connectivity index (χ2v) is 5.40. The van der Waals surface area contributed by atoms with E-state index in [1.165, 1.54) is 0 Å². The molecule has 5 heteroatoms. The SMILES string of the molecule is NCC1(C(=O)NCCN2CCOCC2)CCCC1. The summed E-state index contributed by atoms with van der Waals surface area (Å²) in [6, 6.07) is 0. The maximum absolute atomic E-state index is 12.2. The van der Waals surface area contributed by atoms with Gasteiger partial charge in [0, 0.05) is 32.7 Å². The minimum atomic E-state index is -0.273. The molecule has 1 amide bonds. The molecule has 2 fully saturated rings. The molecule has 0 aromatic rings. The molecule has 18 heavy (non-hydrogen) atoms. The summed E-state index contributed by atoms with van der Waals surface area (Å²) in [4.78, 5) is 14.5. The summed E-state index contributed by atoms with van der Waals surface area (Å²) in [6.45, 7) is 5.67. The molecule has 0 radical (unpaired) electrons. The smallest absolute Gasteiger partial charge is 0.227 e. The number of nitrogens with one attached hydrogen (secondary N) is 1. The molecule has 0 atom stereocenters. The van der Waals surface area contributed by atoms with Crippen LogP contribution in [0.25, 0.3) is 0 Å². The fourth-order valence-corrected chi connectivity index (χ4v) is 2.92. The summed E-state index contributed by atoms with van der Waals surface area (Å²) >= 11 is 0. The highest BCUT2D eigenvalue weighted by Crippen LogP contribution is 2.37. The van der Waals surface area contributed by atoms with Crippen LogP contribution in [0.2, 0.25) is 0 Å². The highest BCUT2D eigenvalue weighted by Gasteiger charge is 2.39. The summed E-state index contributed by atoms with van der Waals surface area (Å²) in [7, 11) is 0. The Kier molecular flexibility index (Phi) is 4.97. The third-order valence-corrected chi connectivity index (χ3v) is 4.25. The normalized spacial score (nSPS) is 24.1. The second kappa shape index (κ2) is 6.50. The van der Waals surface area contributed by atoms with Crippen molar-refractivity contribution in [3.8, 4) is 0 Å². The Bertz CT molecular complexity index is 271. The maximum atomic E-state index is 12.2. The minimum absolute atomic E-state index is 0.163. The van der Waals surface area contributed by atoms with Gasteiger partial charge < -0.3 is 15.8 Å². The largest absolute Gasteiger partial charge is 0.379 e. The van der Waals surface area contributed by atoms with Gasteiger partial charge in [-0.1, -0.05) is 12.8 Å². The van der Waals surface area contributed by atoms with Crippen molar-refractivity contribution in [1.29, 1.82) is 0 Å². The van der Waals surface area contributed by atoms with Crippen LogP contribution in [0.4, 0.5) is 0 Å². The molecular weight excluding hydrogens is 230 g/mol. The van der Waals surface area contributed by atoms with Gasteiger partial charge in [-0.2, -0.15) is 0 Å². The zero-order chi connectivity index (χ0) is 12.8. The first-order valence-electron chi connectivity index (χ1n) is 7.05. The number of carbonyl (C=O) groups is 1. The van der Waals surface area contributed by atoms with Gasteiger partial charge in [0.05, 0.1) is 18.6 Å². The zero-order valence-corrected chi connectivity index (χ0v) is 11.1. The summed E-state index contributed by atoms with van der Waals surface area (Å²) in [6.07, 6.45) is 4.17. The van der Waals surface area contributed by atoms with Crippen molar-refractivity contribution in [3.05, 3.63) is 0 Å². The molecule has 1 heterocycles. The molecule has 5 nitrogen and oxygen atoms in total. The topological polar surface area (TPSA) is 67.6 Å². The number of hydrogen-bond acceptors (Lipinski definition) is 4. The first-order chi connectivity index (χ1) is 8.77. The van der Waals surface area contributed by atoms with Crippen LogP contribution in [-0.4, -0.2) is 56.7 Å². The van der Waals surface area contributed by atoms with Crippen molar-refractivity contribution in [1.82, 2.24) is 10.2 Å².